The van der Waals surface area contributed by atoms with E-state index in [0.29, 0.717) is 18.1 Å². The van der Waals surface area contributed by atoms with Crippen LogP contribution in [0.4, 0.5) is 0 Å². The van der Waals surface area contributed by atoms with Gasteiger partial charge in [0.2, 0.25) is 0 Å². The molecule has 0 amide bonds. The summed E-state index contributed by atoms with van der Waals surface area (Å²) in [4.78, 5) is 1.28. The molecule has 0 bridgehead atoms. The van der Waals surface area contributed by atoms with Crippen LogP contribution in [0.25, 0.3) is 0 Å². The quantitative estimate of drug-likeness (QED) is 0.912. The highest BCUT2D eigenvalue weighted by molar-refractivity contribution is 9.10. The molecule has 0 aromatic carbocycles. The van der Waals surface area contributed by atoms with Gasteiger partial charge in [0.1, 0.15) is 4.34 Å². The molecule has 3 atom stereocenters. The van der Waals surface area contributed by atoms with Crippen molar-refractivity contribution >= 4 is 38.9 Å². The molecule has 2 nitrogen and oxygen atoms in total. The molecule has 2 heterocycles. The van der Waals surface area contributed by atoms with Crippen molar-refractivity contribution in [2.75, 3.05) is 13.7 Å². The van der Waals surface area contributed by atoms with Crippen LogP contribution in [-0.2, 0) is 4.74 Å². The lowest BCUT2D eigenvalue weighted by molar-refractivity contribution is 0.0966. The second-order valence-electron chi connectivity index (χ2n) is 4.07. The van der Waals surface area contributed by atoms with Gasteiger partial charge in [-0.3, -0.25) is 0 Å². The molecule has 1 aromatic heterocycles. The molecule has 90 valence electrons. The minimum Gasteiger partial charge on any atom is -0.378 e. The van der Waals surface area contributed by atoms with Crippen LogP contribution in [0.3, 0.4) is 0 Å². The summed E-state index contributed by atoms with van der Waals surface area (Å²) < 4.78 is 7.43. The van der Waals surface area contributed by atoms with Crippen LogP contribution in [0.5, 0.6) is 0 Å². The molecular weight excluding hydrogens is 310 g/mol. The van der Waals surface area contributed by atoms with Gasteiger partial charge in [-0.15, -0.1) is 11.3 Å². The van der Waals surface area contributed by atoms with Gasteiger partial charge in [0.25, 0.3) is 0 Å². The Morgan fingerprint density at radius 2 is 2.44 bits per heavy atom. The van der Waals surface area contributed by atoms with Gasteiger partial charge in [0.05, 0.1) is 6.10 Å². The van der Waals surface area contributed by atoms with Crippen molar-refractivity contribution in [2.45, 2.75) is 25.5 Å². The molecule has 1 aliphatic heterocycles. The number of halogens is 2. The average Bonchev–Trinajstić information content (AvgIpc) is 2.78. The summed E-state index contributed by atoms with van der Waals surface area (Å²) in [5.74, 6) is 0.534. The molecule has 1 aliphatic rings. The molecule has 1 fully saturated rings. The summed E-state index contributed by atoms with van der Waals surface area (Å²) in [6, 6.07) is 2.45. The Morgan fingerprint density at radius 3 is 2.88 bits per heavy atom. The smallest absolute Gasteiger partial charge is 0.107 e. The highest BCUT2D eigenvalue weighted by atomic mass is 79.9. The third-order valence-corrected chi connectivity index (χ3v) is 5.70. The van der Waals surface area contributed by atoms with Gasteiger partial charge in [-0.05, 0) is 42.4 Å². The van der Waals surface area contributed by atoms with Crippen LogP contribution in [-0.4, -0.2) is 19.8 Å². The first-order valence-electron chi connectivity index (χ1n) is 5.37. The van der Waals surface area contributed by atoms with Crippen LogP contribution in [0.1, 0.15) is 24.3 Å². The fourth-order valence-corrected chi connectivity index (χ4v) is 4.19. The second-order valence-corrected chi connectivity index (χ2v) is 6.61. The van der Waals surface area contributed by atoms with E-state index in [4.69, 9.17) is 16.3 Å². The van der Waals surface area contributed by atoms with Crippen LogP contribution in [0, 0.1) is 5.92 Å². The third kappa shape index (κ3) is 2.46. The monoisotopic (exact) mass is 323 g/mol. The molecule has 1 aromatic rings. The van der Waals surface area contributed by atoms with E-state index in [-0.39, 0.29) is 0 Å². The fraction of sp³-hybridized carbons (Fsp3) is 0.636. The van der Waals surface area contributed by atoms with E-state index < -0.39 is 0 Å². The lowest BCUT2D eigenvalue weighted by Crippen LogP contribution is -2.28. The van der Waals surface area contributed by atoms with Crippen LogP contribution < -0.4 is 5.32 Å². The molecule has 3 unspecified atom stereocenters. The van der Waals surface area contributed by atoms with Crippen LogP contribution >= 0.6 is 38.9 Å². The van der Waals surface area contributed by atoms with Crippen molar-refractivity contribution in [1.82, 2.24) is 5.32 Å². The zero-order chi connectivity index (χ0) is 11.7. The molecule has 5 heteroatoms. The summed E-state index contributed by atoms with van der Waals surface area (Å²) in [5, 5.41) is 3.38. The lowest BCUT2D eigenvalue weighted by Gasteiger charge is -2.24. The molecule has 1 N–H and O–H groups in total. The molecule has 0 aliphatic carbocycles. The number of hydrogen-bond donors (Lipinski definition) is 1. The van der Waals surface area contributed by atoms with Crippen molar-refractivity contribution in [3.05, 3.63) is 19.8 Å². The van der Waals surface area contributed by atoms with Gasteiger partial charge < -0.3 is 10.1 Å². The Hall–Kier alpha value is 0.390. The number of nitrogens with one attached hydrogen (secondary N) is 1. The molecule has 2 rings (SSSR count). The Morgan fingerprint density at radius 1 is 1.69 bits per heavy atom. The summed E-state index contributed by atoms with van der Waals surface area (Å²) in [7, 11) is 2.00. The molecule has 0 spiro atoms. The summed E-state index contributed by atoms with van der Waals surface area (Å²) in [6.45, 7) is 3.01. The van der Waals surface area contributed by atoms with E-state index in [1.54, 1.807) is 11.3 Å². The minimum absolute atomic E-state index is 0.317. The number of hydrogen-bond acceptors (Lipinski definition) is 3. The number of rotatable bonds is 3. The van der Waals surface area contributed by atoms with Crippen molar-refractivity contribution < 1.29 is 4.74 Å². The standard InChI is InChI=1S/C11H15BrClNOS/c1-6-7(3-4-15-6)10(14-2)9-5-8(12)11(13)16-9/h5-7,10,14H,3-4H2,1-2H3. The molecule has 1 saturated heterocycles. The number of ether oxygens (including phenoxy) is 1. The van der Waals surface area contributed by atoms with Crippen molar-refractivity contribution in [2.24, 2.45) is 5.92 Å². The Bertz CT molecular complexity index is 351. The molecule has 0 saturated carbocycles. The third-order valence-electron chi connectivity index (χ3n) is 3.14. The lowest BCUT2D eigenvalue weighted by atomic mass is 9.92. The van der Waals surface area contributed by atoms with Crippen LogP contribution in [0.15, 0.2) is 10.5 Å². The van der Waals surface area contributed by atoms with Gasteiger partial charge >= 0.3 is 0 Å². The average molecular weight is 325 g/mol. The van der Waals surface area contributed by atoms with E-state index in [2.05, 4.69) is 34.2 Å². The Kier molecular flexibility index (Phi) is 4.30. The summed E-state index contributed by atoms with van der Waals surface area (Å²) >= 11 is 11.2. The van der Waals surface area contributed by atoms with Crippen molar-refractivity contribution in [3.63, 3.8) is 0 Å². The van der Waals surface area contributed by atoms with E-state index >= 15 is 0 Å². The van der Waals surface area contributed by atoms with Gasteiger partial charge in [-0.2, -0.15) is 0 Å². The Balaban J connectivity index is 2.21. The normalized spacial score (nSPS) is 27.2. The predicted octanol–water partition coefficient (Wildman–Crippen LogP) is 3.85. The van der Waals surface area contributed by atoms with Gasteiger partial charge in [-0.25, -0.2) is 0 Å². The maximum Gasteiger partial charge on any atom is 0.107 e. The first-order valence-corrected chi connectivity index (χ1v) is 7.36. The maximum atomic E-state index is 6.09. The van der Waals surface area contributed by atoms with E-state index in [1.165, 1.54) is 4.88 Å². The SMILES string of the molecule is CNC(c1cc(Br)c(Cl)s1)C1CCOC1C. The second kappa shape index (κ2) is 5.36. The zero-order valence-corrected chi connectivity index (χ0v) is 12.5. The highest BCUT2D eigenvalue weighted by Gasteiger charge is 2.33. The van der Waals surface area contributed by atoms with Gasteiger partial charge in [0.15, 0.2) is 0 Å². The largest absolute Gasteiger partial charge is 0.378 e. The first kappa shape index (κ1) is 12.8. The predicted molar refractivity (Wildman–Crippen MR) is 72.4 cm³/mol. The fourth-order valence-electron chi connectivity index (χ4n) is 2.27. The minimum atomic E-state index is 0.317. The van der Waals surface area contributed by atoms with E-state index in [0.717, 1.165) is 21.8 Å². The molecular formula is C11H15BrClNOS. The van der Waals surface area contributed by atoms with Crippen LogP contribution in [0.2, 0.25) is 4.34 Å². The zero-order valence-electron chi connectivity index (χ0n) is 9.30. The highest BCUT2D eigenvalue weighted by Crippen LogP contribution is 2.40. The summed E-state index contributed by atoms with van der Waals surface area (Å²) in [6.07, 6.45) is 1.43. The molecule has 16 heavy (non-hydrogen) atoms. The topological polar surface area (TPSA) is 21.3 Å². The Labute approximate surface area is 113 Å². The van der Waals surface area contributed by atoms with Gasteiger partial charge in [0, 0.05) is 27.9 Å². The van der Waals surface area contributed by atoms with E-state index in [1.807, 2.05) is 7.05 Å². The van der Waals surface area contributed by atoms with Crippen molar-refractivity contribution in [3.8, 4) is 0 Å². The first-order chi connectivity index (χ1) is 7.63. The maximum absolute atomic E-state index is 6.09. The van der Waals surface area contributed by atoms with Crippen molar-refractivity contribution in [1.29, 1.82) is 0 Å². The molecule has 0 radical (unpaired) electrons. The summed E-state index contributed by atoms with van der Waals surface area (Å²) in [5.41, 5.74) is 0. The number of thiophene rings is 1. The van der Waals surface area contributed by atoms with E-state index in [9.17, 15) is 0 Å². The van der Waals surface area contributed by atoms with Gasteiger partial charge in [-0.1, -0.05) is 11.6 Å².